The van der Waals surface area contributed by atoms with Crippen LogP contribution in [0.15, 0.2) is 79.4 Å². The largest absolute Gasteiger partial charge is 0.492 e. The van der Waals surface area contributed by atoms with Gasteiger partial charge in [0.05, 0.1) is 65.6 Å². The van der Waals surface area contributed by atoms with Crippen molar-refractivity contribution < 1.29 is 31.1 Å². The fourth-order valence-electron chi connectivity index (χ4n) is 4.92. The first kappa shape index (κ1) is 31.3. The molecule has 0 saturated carbocycles. The Morgan fingerprint density at radius 3 is 2.40 bits per heavy atom. The van der Waals surface area contributed by atoms with E-state index in [-0.39, 0.29) is 17.0 Å². The summed E-state index contributed by atoms with van der Waals surface area (Å²) in [5, 5.41) is 7.01. The van der Waals surface area contributed by atoms with Crippen molar-refractivity contribution in [3.05, 3.63) is 102 Å². The van der Waals surface area contributed by atoms with Gasteiger partial charge in [0, 0.05) is 17.3 Å². The highest BCUT2D eigenvalue weighted by Crippen LogP contribution is 2.41. The molecule has 10 nitrogen and oxygen atoms in total. The van der Waals surface area contributed by atoms with Gasteiger partial charge < -0.3 is 14.6 Å². The normalized spacial score (nSPS) is 11.8. The summed E-state index contributed by atoms with van der Waals surface area (Å²) in [6.45, 7) is 3.88. The average Bonchev–Trinajstić information content (AvgIpc) is 3.64. The van der Waals surface area contributed by atoms with Gasteiger partial charge in [-0.1, -0.05) is 31.2 Å². The van der Waals surface area contributed by atoms with E-state index in [4.69, 9.17) is 4.74 Å². The SMILES string of the molecule is CCc1c(-c2cn(-c3cc(C(=O)Nc4cc(C(F)(F)F)cc(NS(C)(=O)=O)c4OC)ccc3C)cn2)cnn1-c1ccccc1. The number of carbonyl (C=O) groups excluding carboxylic acids is 1. The Morgan fingerprint density at radius 1 is 1.04 bits per heavy atom. The summed E-state index contributed by atoms with van der Waals surface area (Å²) in [4.78, 5) is 17.9. The number of nitrogens with zero attached hydrogens (tertiary/aromatic N) is 4. The van der Waals surface area contributed by atoms with E-state index in [2.05, 4.69) is 15.4 Å². The zero-order chi connectivity index (χ0) is 32.5. The molecular formula is C31H29F3N6O4S. The summed E-state index contributed by atoms with van der Waals surface area (Å²) >= 11 is 0. The molecule has 0 saturated heterocycles. The van der Waals surface area contributed by atoms with E-state index in [1.165, 1.54) is 6.07 Å². The summed E-state index contributed by atoms with van der Waals surface area (Å²) < 4.78 is 75.5. The standard InChI is InChI=1S/C31H29F3N6O4S/c1-5-27-23(16-36-40(27)22-9-7-6-8-10-22)26-17-39(18-35-26)28-13-20(12-11-19(28)2)30(41)37-24-14-21(31(32,33)34)15-25(29(24)44-3)38-45(4,42)43/h6-18,38H,5H2,1-4H3,(H,37,41). The summed E-state index contributed by atoms with van der Waals surface area (Å²) in [6, 6.07) is 15.8. The number of para-hydroxylation sites is 1. The third-order valence-corrected chi connectivity index (χ3v) is 7.57. The van der Waals surface area contributed by atoms with Gasteiger partial charge in [0.1, 0.15) is 0 Å². The first-order chi connectivity index (χ1) is 21.3. The van der Waals surface area contributed by atoms with Crippen molar-refractivity contribution >= 4 is 27.3 Å². The summed E-state index contributed by atoms with van der Waals surface area (Å²) in [5.74, 6) is -1.02. The number of amides is 1. The van der Waals surface area contributed by atoms with E-state index in [1.54, 1.807) is 29.2 Å². The van der Waals surface area contributed by atoms with Gasteiger partial charge in [-0.3, -0.25) is 9.52 Å². The Kier molecular flexibility index (Phi) is 8.43. The second-order valence-electron chi connectivity index (χ2n) is 10.2. The number of ether oxygens (including phenoxy) is 1. The highest BCUT2D eigenvalue weighted by molar-refractivity contribution is 7.92. The van der Waals surface area contributed by atoms with Gasteiger partial charge in [0.15, 0.2) is 5.75 Å². The third-order valence-electron chi connectivity index (χ3n) is 6.98. The fraction of sp³-hybridized carbons (Fsp3) is 0.194. The molecule has 14 heteroatoms. The number of hydrogen-bond acceptors (Lipinski definition) is 6. The Hall–Kier alpha value is -5.11. The van der Waals surface area contributed by atoms with Crippen LogP contribution in [0.2, 0.25) is 0 Å². The maximum atomic E-state index is 13.7. The van der Waals surface area contributed by atoms with Gasteiger partial charge in [-0.25, -0.2) is 18.1 Å². The number of alkyl halides is 3. The van der Waals surface area contributed by atoms with Crippen LogP contribution >= 0.6 is 0 Å². The quantitative estimate of drug-likeness (QED) is 0.197. The van der Waals surface area contributed by atoms with Gasteiger partial charge in [-0.15, -0.1) is 0 Å². The first-order valence-corrected chi connectivity index (χ1v) is 15.5. The second kappa shape index (κ2) is 12.1. The molecule has 1 amide bonds. The molecule has 0 spiro atoms. The highest BCUT2D eigenvalue weighted by Gasteiger charge is 2.33. The van der Waals surface area contributed by atoms with Crippen LogP contribution in [0.5, 0.6) is 5.75 Å². The number of rotatable bonds is 9. The van der Waals surface area contributed by atoms with Crippen molar-refractivity contribution in [3.63, 3.8) is 0 Å². The van der Waals surface area contributed by atoms with E-state index in [1.807, 2.05) is 59.8 Å². The summed E-state index contributed by atoms with van der Waals surface area (Å²) in [5.41, 5.74) is 2.96. The number of aryl methyl sites for hydroxylation is 1. The van der Waals surface area contributed by atoms with Crippen LogP contribution in [0.25, 0.3) is 22.6 Å². The molecule has 0 aliphatic heterocycles. The lowest BCUT2D eigenvalue weighted by Crippen LogP contribution is -2.17. The van der Waals surface area contributed by atoms with Crippen LogP contribution < -0.4 is 14.8 Å². The van der Waals surface area contributed by atoms with Gasteiger partial charge in [0.25, 0.3) is 5.91 Å². The number of methoxy groups -OCH3 is 1. The number of sulfonamides is 1. The lowest BCUT2D eigenvalue weighted by molar-refractivity contribution is -0.137. The van der Waals surface area contributed by atoms with E-state index in [9.17, 15) is 26.4 Å². The van der Waals surface area contributed by atoms with Crippen molar-refractivity contribution in [2.75, 3.05) is 23.4 Å². The van der Waals surface area contributed by atoms with Crippen LogP contribution in [0.3, 0.4) is 0 Å². The van der Waals surface area contributed by atoms with Gasteiger partial charge in [-0.05, 0) is 55.3 Å². The Morgan fingerprint density at radius 2 is 1.76 bits per heavy atom. The van der Waals surface area contributed by atoms with Crippen molar-refractivity contribution in [3.8, 4) is 28.4 Å². The van der Waals surface area contributed by atoms with Crippen molar-refractivity contribution in [1.82, 2.24) is 19.3 Å². The highest BCUT2D eigenvalue weighted by atomic mass is 32.2. The molecule has 0 atom stereocenters. The first-order valence-electron chi connectivity index (χ1n) is 13.6. The van der Waals surface area contributed by atoms with Crippen LogP contribution in [-0.2, 0) is 22.6 Å². The minimum absolute atomic E-state index is 0.133. The molecule has 5 aromatic rings. The van der Waals surface area contributed by atoms with Crippen LogP contribution in [0.1, 0.15) is 34.1 Å². The molecule has 0 radical (unpaired) electrons. The number of benzene rings is 3. The molecule has 0 aliphatic rings. The van der Waals surface area contributed by atoms with Crippen LogP contribution in [0.4, 0.5) is 24.5 Å². The minimum Gasteiger partial charge on any atom is -0.492 e. The number of carbonyl (C=O) groups is 1. The summed E-state index contributed by atoms with van der Waals surface area (Å²) in [7, 11) is -2.82. The van der Waals surface area contributed by atoms with Gasteiger partial charge >= 0.3 is 6.18 Å². The van der Waals surface area contributed by atoms with E-state index >= 15 is 0 Å². The molecule has 5 rings (SSSR count). The molecule has 2 heterocycles. The molecule has 234 valence electrons. The maximum absolute atomic E-state index is 13.7. The third kappa shape index (κ3) is 6.70. The zero-order valence-corrected chi connectivity index (χ0v) is 25.5. The molecule has 0 bridgehead atoms. The number of anilines is 2. The second-order valence-corrected chi connectivity index (χ2v) is 12.0. The predicted octanol–water partition coefficient (Wildman–Crippen LogP) is 6.25. The number of halogens is 3. The van der Waals surface area contributed by atoms with Gasteiger partial charge in [0.2, 0.25) is 10.0 Å². The fourth-order valence-corrected chi connectivity index (χ4v) is 5.47. The number of imidazole rings is 1. The van der Waals surface area contributed by atoms with Crippen molar-refractivity contribution in [2.24, 2.45) is 0 Å². The number of hydrogen-bond donors (Lipinski definition) is 2. The van der Waals surface area contributed by atoms with Crippen molar-refractivity contribution in [2.45, 2.75) is 26.4 Å². The molecule has 0 unspecified atom stereocenters. The number of aromatic nitrogens is 4. The Balaban J connectivity index is 1.48. The minimum atomic E-state index is -4.83. The van der Waals surface area contributed by atoms with Crippen LogP contribution in [0, 0.1) is 6.92 Å². The smallest absolute Gasteiger partial charge is 0.416 e. The molecule has 0 fully saturated rings. The topological polar surface area (TPSA) is 120 Å². The van der Waals surface area contributed by atoms with E-state index < -0.39 is 33.4 Å². The summed E-state index contributed by atoms with van der Waals surface area (Å²) in [6.07, 6.45) is 1.84. The molecule has 0 aliphatic carbocycles. The monoisotopic (exact) mass is 638 g/mol. The lowest BCUT2D eigenvalue weighted by atomic mass is 10.1. The Bertz CT molecular complexity index is 1990. The molecule has 2 aromatic heterocycles. The molecule has 3 aromatic carbocycles. The number of nitrogens with one attached hydrogen (secondary N) is 2. The van der Waals surface area contributed by atoms with Crippen LogP contribution in [-0.4, -0.2) is 47.0 Å². The average molecular weight is 639 g/mol. The predicted molar refractivity (Wildman–Crippen MR) is 165 cm³/mol. The van der Waals surface area contributed by atoms with E-state index in [0.717, 1.165) is 35.9 Å². The maximum Gasteiger partial charge on any atom is 0.416 e. The van der Waals surface area contributed by atoms with E-state index in [0.29, 0.717) is 29.9 Å². The molecular weight excluding hydrogens is 609 g/mol. The molecule has 2 N–H and O–H groups in total. The molecule has 45 heavy (non-hydrogen) atoms. The zero-order valence-electron chi connectivity index (χ0n) is 24.7. The van der Waals surface area contributed by atoms with Crippen molar-refractivity contribution in [1.29, 1.82) is 0 Å². The Labute approximate surface area is 257 Å². The lowest BCUT2D eigenvalue weighted by Gasteiger charge is -2.18. The van der Waals surface area contributed by atoms with Gasteiger partial charge in [-0.2, -0.15) is 18.3 Å².